The van der Waals surface area contributed by atoms with Gasteiger partial charge in [0.2, 0.25) is 0 Å². The van der Waals surface area contributed by atoms with Crippen molar-refractivity contribution in [3.63, 3.8) is 0 Å². The van der Waals surface area contributed by atoms with Crippen molar-refractivity contribution < 1.29 is 24.2 Å². The first-order valence-electron chi connectivity index (χ1n) is 7.45. The van der Waals surface area contributed by atoms with Crippen LogP contribution < -0.4 is 5.32 Å². The smallest absolute Gasteiger partial charge is 0.408 e. The van der Waals surface area contributed by atoms with Crippen LogP contribution in [-0.2, 0) is 20.7 Å². The van der Waals surface area contributed by atoms with E-state index in [9.17, 15) is 14.7 Å². The van der Waals surface area contributed by atoms with Crippen LogP contribution in [0.25, 0.3) is 0 Å². The highest BCUT2D eigenvalue weighted by Gasteiger charge is 2.35. The lowest BCUT2D eigenvalue weighted by molar-refractivity contribution is -0.143. The lowest BCUT2D eigenvalue weighted by Crippen LogP contribution is -2.57. The van der Waals surface area contributed by atoms with Crippen molar-refractivity contribution in [2.45, 2.75) is 45.3 Å². The number of ether oxygens (including phenoxy) is 2. The molecule has 1 amide bonds. The average Bonchev–Trinajstić information content (AvgIpc) is 2.44. The number of esters is 1. The summed E-state index contributed by atoms with van der Waals surface area (Å²) < 4.78 is 10.3. The molecule has 1 aromatic carbocycles. The monoisotopic (exact) mass is 323 g/mol. The van der Waals surface area contributed by atoms with Crippen molar-refractivity contribution in [1.29, 1.82) is 0 Å². The molecule has 0 unspecified atom stereocenters. The van der Waals surface area contributed by atoms with Crippen LogP contribution in [-0.4, -0.2) is 41.5 Å². The molecule has 6 heteroatoms. The molecule has 0 radical (unpaired) electrons. The first kappa shape index (κ1) is 19.0. The zero-order chi connectivity index (χ0) is 17.5. The van der Waals surface area contributed by atoms with Gasteiger partial charge in [-0.25, -0.2) is 4.79 Å². The Kier molecular flexibility index (Phi) is 6.57. The van der Waals surface area contributed by atoms with Gasteiger partial charge in [-0.15, -0.1) is 0 Å². The summed E-state index contributed by atoms with van der Waals surface area (Å²) in [6.45, 7) is 5.98. The van der Waals surface area contributed by atoms with Crippen molar-refractivity contribution in [3.05, 3.63) is 35.9 Å². The number of rotatable bonds is 6. The number of benzene rings is 1. The molecular weight excluding hydrogens is 298 g/mol. The summed E-state index contributed by atoms with van der Waals surface area (Å²) in [4.78, 5) is 23.2. The van der Waals surface area contributed by atoms with Crippen LogP contribution in [0.1, 0.15) is 33.3 Å². The Labute approximate surface area is 136 Å². The first-order valence-corrected chi connectivity index (χ1v) is 7.45. The second kappa shape index (κ2) is 7.97. The van der Waals surface area contributed by atoms with Crippen LogP contribution in [0.3, 0.4) is 0 Å². The fourth-order valence-corrected chi connectivity index (χ4v) is 2.02. The number of carbonyl (C=O) groups excluding carboxylic acids is 2. The summed E-state index contributed by atoms with van der Waals surface area (Å²) in [5.74, 6) is -0.484. The molecule has 1 atom stereocenters. The van der Waals surface area contributed by atoms with E-state index in [0.29, 0.717) is 6.42 Å². The third-order valence-corrected chi connectivity index (χ3v) is 3.01. The molecule has 128 valence electrons. The Morgan fingerprint density at radius 1 is 1.17 bits per heavy atom. The molecule has 1 rings (SSSR count). The van der Waals surface area contributed by atoms with Crippen molar-refractivity contribution in [2.75, 3.05) is 13.2 Å². The van der Waals surface area contributed by atoms with Gasteiger partial charge in [-0.1, -0.05) is 30.3 Å². The van der Waals surface area contributed by atoms with E-state index in [4.69, 9.17) is 9.47 Å². The van der Waals surface area contributed by atoms with E-state index in [1.807, 2.05) is 30.3 Å². The summed E-state index contributed by atoms with van der Waals surface area (Å²) in [6, 6.07) is 9.33. The molecule has 0 spiro atoms. The standard InChI is InChI=1S/C17H25NO5/c1-13(20)22-12-17(11-19,10-14-8-6-5-7-9-14)18-15(21)23-16(2,3)4/h5-9,19H,10-12H2,1-4H3,(H,18,21)/t17-/m0/s1. The number of hydrogen-bond donors (Lipinski definition) is 2. The minimum atomic E-state index is -1.14. The van der Waals surface area contributed by atoms with Crippen LogP contribution >= 0.6 is 0 Å². The molecule has 0 aromatic heterocycles. The topological polar surface area (TPSA) is 84.9 Å². The molecule has 0 heterocycles. The largest absolute Gasteiger partial charge is 0.463 e. The fraction of sp³-hybridized carbons (Fsp3) is 0.529. The lowest BCUT2D eigenvalue weighted by atomic mass is 9.92. The molecule has 6 nitrogen and oxygen atoms in total. The lowest BCUT2D eigenvalue weighted by Gasteiger charge is -2.33. The molecule has 1 aromatic rings. The number of hydrogen-bond acceptors (Lipinski definition) is 5. The van der Waals surface area contributed by atoms with E-state index in [-0.39, 0.29) is 6.61 Å². The maximum Gasteiger partial charge on any atom is 0.408 e. The van der Waals surface area contributed by atoms with Crippen molar-refractivity contribution in [1.82, 2.24) is 5.32 Å². The molecule has 0 saturated carbocycles. The highest BCUT2D eigenvalue weighted by molar-refractivity contribution is 5.69. The Balaban J connectivity index is 2.93. The maximum atomic E-state index is 12.1. The Hall–Kier alpha value is -2.08. The fourth-order valence-electron chi connectivity index (χ4n) is 2.02. The normalized spacial score (nSPS) is 13.8. The predicted molar refractivity (Wildman–Crippen MR) is 86.0 cm³/mol. The Bertz CT molecular complexity index is 524. The molecule has 0 bridgehead atoms. The summed E-state index contributed by atoms with van der Waals surface area (Å²) in [5, 5.41) is 12.5. The predicted octanol–water partition coefficient (Wildman–Crippen LogP) is 2.05. The van der Waals surface area contributed by atoms with E-state index >= 15 is 0 Å². The molecule has 0 aliphatic rings. The Morgan fingerprint density at radius 2 is 1.78 bits per heavy atom. The van der Waals surface area contributed by atoms with Crippen LogP contribution in [0, 0.1) is 0 Å². The van der Waals surface area contributed by atoms with Crippen LogP contribution in [0.2, 0.25) is 0 Å². The summed E-state index contributed by atoms with van der Waals surface area (Å²) in [5.41, 5.74) is -0.917. The van der Waals surface area contributed by atoms with Crippen LogP contribution in [0.5, 0.6) is 0 Å². The minimum Gasteiger partial charge on any atom is -0.463 e. The van der Waals surface area contributed by atoms with Crippen molar-refractivity contribution in [2.24, 2.45) is 0 Å². The second-order valence-electron chi connectivity index (χ2n) is 6.51. The van der Waals surface area contributed by atoms with Gasteiger partial charge in [0.15, 0.2) is 0 Å². The van der Waals surface area contributed by atoms with Gasteiger partial charge in [0.25, 0.3) is 0 Å². The number of alkyl carbamates (subject to hydrolysis) is 1. The molecule has 2 N–H and O–H groups in total. The number of aliphatic hydroxyl groups is 1. The SMILES string of the molecule is CC(=O)OC[C@@](CO)(Cc1ccccc1)NC(=O)OC(C)(C)C. The zero-order valence-electron chi connectivity index (χ0n) is 14.1. The second-order valence-corrected chi connectivity index (χ2v) is 6.51. The number of amides is 1. The van der Waals surface area contributed by atoms with Crippen molar-refractivity contribution >= 4 is 12.1 Å². The van der Waals surface area contributed by atoms with Gasteiger partial charge in [0.1, 0.15) is 17.7 Å². The molecule has 0 aliphatic heterocycles. The highest BCUT2D eigenvalue weighted by atomic mass is 16.6. The number of carbonyl (C=O) groups is 2. The van der Waals surface area contributed by atoms with Gasteiger partial charge in [-0.05, 0) is 26.3 Å². The van der Waals surface area contributed by atoms with E-state index in [1.165, 1.54) is 6.92 Å². The third-order valence-electron chi connectivity index (χ3n) is 3.01. The molecule has 0 aliphatic carbocycles. The summed E-state index contributed by atoms with van der Waals surface area (Å²) >= 11 is 0. The molecule has 0 fully saturated rings. The van der Waals surface area contributed by atoms with E-state index in [2.05, 4.69) is 5.32 Å². The van der Waals surface area contributed by atoms with Gasteiger partial charge in [-0.2, -0.15) is 0 Å². The van der Waals surface area contributed by atoms with Crippen LogP contribution in [0.15, 0.2) is 30.3 Å². The van der Waals surface area contributed by atoms with Gasteiger partial charge in [0.05, 0.1) is 6.61 Å². The van der Waals surface area contributed by atoms with Gasteiger partial charge in [0, 0.05) is 13.3 Å². The summed E-state index contributed by atoms with van der Waals surface area (Å²) in [6.07, 6.45) is -0.369. The maximum absolute atomic E-state index is 12.1. The molecule has 0 saturated heterocycles. The van der Waals surface area contributed by atoms with E-state index < -0.39 is 29.8 Å². The molecule has 23 heavy (non-hydrogen) atoms. The van der Waals surface area contributed by atoms with Gasteiger partial charge >= 0.3 is 12.1 Å². The number of aliphatic hydroxyl groups excluding tert-OH is 1. The average molecular weight is 323 g/mol. The zero-order valence-corrected chi connectivity index (χ0v) is 14.1. The summed E-state index contributed by atoms with van der Waals surface area (Å²) in [7, 11) is 0. The van der Waals surface area contributed by atoms with E-state index in [0.717, 1.165) is 5.56 Å². The van der Waals surface area contributed by atoms with Crippen LogP contribution in [0.4, 0.5) is 4.79 Å². The van der Waals surface area contributed by atoms with Crippen molar-refractivity contribution in [3.8, 4) is 0 Å². The van der Waals surface area contributed by atoms with E-state index in [1.54, 1.807) is 20.8 Å². The third kappa shape index (κ3) is 7.15. The number of nitrogens with one attached hydrogen (secondary N) is 1. The highest BCUT2D eigenvalue weighted by Crippen LogP contribution is 2.16. The Morgan fingerprint density at radius 3 is 2.26 bits per heavy atom. The van der Waals surface area contributed by atoms with Gasteiger partial charge < -0.3 is 19.9 Å². The first-order chi connectivity index (χ1) is 10.7. The quantitative estimate of drug-likeness (QED) is 0.783. The minimum absolute atomic E-state index is 0.146. The molecular formula is C17H25NO5. The van der Waals surface area contributed by atoms with Gasteiger partial charge in [-0.3, -0.25) is 4.79 Å².